The van der Waals surface area contributed by atoms with Gasteiger partial charge >= 0.3 is 0 Å². The topological polar surface area (TPSA) is 46.6 Å². The van der Waals surface area contributed by atoms with E-state index >= 15 is 0 Å². The lowest BCUT2D eigenvalue weighted by Crippen LogP contribution is -2.45. The van der Waals surface area contributed by atoms with Crippen molar-refractivity contribution < 1.29 is 13.7 Å². The molecule has 2 aromatic rings. The maximum absolute atomic E-state index is 13.4. The van der Waals surface area contributed by atoms with E-state index in [9.17, 15) is 9.00 Å². The van der Waals surface area contributed by atoms with E-state index in [-0.39, 0.29) is 5.91 Å². The predicted molar refractivity (Wildman–Crippen MR) is 104 cm³/mol. The molecule has 2 unspecified atom stereocenters. The first-order valence-corrected chi connectivity index (χ1v) is 10.9. The third kappa shape index (κ3) is 2.84. The Hall–Kier alpha value is -1.98. The second-order valence-electron chi connectivity index (χ2n) is 7.75. The SMILES string of the molecule is O=C1N(CC2CC2)c2ccc(S(=O)c3ccccc3)cc2C12CCCCO2. The van der Waals surface area contributed by atoms with Crippen LogP contribution in [-0.2, 0) is 25.9 Å². The summed E-state index contributed by atoms with van der Waals surface area (Å²) >= 11 is 0. The first-order chi connectivity index (χ1) is 13.2. The third-order valence-corrected chi connectivity index (χ3v) is 7.25. The summed E-state index contributed by atoms with van der Waals surface area (Å²) in [4.78, 5) is 16.8. The Morgan fingerprint density at radius 3 is 2.59 bits per heavy atom. The molecular weight excluding hydrogens is 358 g/mol. The number of carbonyl (C=O) groups excluding carboxylic acids is 1. The summed E-state index contributed by atoms with van der Waals surface area (Å²) in [7, 11) is -1.27. The van der Waals surface area contributed by atoms with E-state index in [1.807, 2.05) is 53.4 Å². The fourth-order valence-electron chi connectivity index (χ4n) is 4.23. The molecule has 2 heterocycles. The molecule has 4 nitrogen and oxygen atoms in total. The van der Waals surface area contributed by atoms with Crippen LogP contribution in [0.5, 0.6) is 0 Å². The summed E-state index contributed by atoms with van der Waals surface area (Å²) in [5, 5.41) is 0. The Kier molecular flexibility index (Phi) is 4.17. The van der Waals surface area contributed by atoms with Gasteiger partial charge in [-0.15, -0.1) is 0 Å². The van der Waals surface area contributed by atoms with Crippen LogP contribution in [0.25, 0.3) is 0 Å². The molecular formula is C22H23NO3S. The molecule has 2 fully saturated rings. The van der Waals surface area contributed by atoms with Crippen LogP contribution in [0, 0.1) is 5.92 Å². The highest BCUT2D eigenvalue weighted by Gasteiger charge is 2.53. The van der Waals surface area contributed by atoms with E-state index in [0.717, 1.165) is 40.4 Å². The lowest BCUT2D eigenvalue weighted by Gasteiger charge is -2.32. The van der Waals surface area contributed by atoms with E-state index < -0.39 is 16.4 Å². The number of carbonyl (C=O) groups is 1. The molecule has 1 aliphatic carbocycles. The quantitative estimate of drug-likeness (QED) is 0.804. The van der Waals surface area contributed by atoms with E-state index in [1.54, 1.807) is 0 Å². The number of benzene rings is 2. The minimum absolute atomic E-state index is 0.0757. The summed E-state index contributed by atoms with van der Waals surface area (Å²) in [6, 6.07) is 15.3. The minimum atomic E-state index is -1.27. The van der Waals surface area contributed by atoms with E-state index in [4.69, 9.17) is 4.74 Å². The molecule has 1 saturated carbocycles. The lowest BCUT2D eigenvalue weighted by atomic mass is 9.87. The van der Waals surface area contributed by atoms with Crippen molar-refractivity contribution in [3.05, 3.63) is 54.1 Å². The highest BCUT2D eigenvalue weighted by molar-refractivity contribution is 7.85. The van der Waals surface area contributed by atoms with Crippen LogP contribution >= 0.6 is 0 Å². The number of hydrogen-bond acceptors (Lipinski definition) is 3. The number of anilines is 1. The fraction of sp³-hybridized carbons (Fsp3) is 0.409. The van der Waals surface area contributed by atoms with Gasteiger partial charge in [-0.3, -0.25) is 4.79 Å². The Morgan fingerprint density at radius 1 is 1.07 bits per heavy atom. The fourth-order valence-corrected chi connectivity index (χ4v) is 5.32. The molecule has 1 amide bonds. The normalized spacial score (nSPS) is 25.6. The van der Waals surface area contributed by atoms with Crippen molar-refractivity contribution >= 4 is 22.4 Å². The van der Waals surface area contributed by atoms with E-state index in [1.165, 1.54) is 12.8 Å². The second kappa shape index (κ2) is 6.57. The number of nitrogens with zero attached hydrogens (tertiary/aromatic N) is 1. The summed E-state index contributed by atoms with van der Waals surface area (Å²) in [5.41, 5.74) is 0.983. The minimum Gasteiger partial charge on any atom is -0.360 e. The molecule has 0 bridgehead atoms. The van der Waals surface area contributed by atoms with Gasteiger partial charge in [0.2, 0.25) is 0 Å². The molecule has 1 spiro atoms. The third-order valence-electron chi connectivity index (χ3n) is 5.87. The number of rotatable bonds is 4. The monoisotopic (exact) mass is 381 g/mol. The van der Waals surface area contributed by atoms with Gasteiger partial charge in [-0.2, -0.15) is 0 Å². The van der Waals surface area contributed by atoms with Crippen LogP contribution in [0.15, 0.2) is 58.3 Å². The zero-order valence-corrected chi connectivity index (χ0v) is 16.0. The zero-order valence-electron chi connectivity index (χ0n) is 15.2. The van der Waals surface area contributed by atoms with E-state index in [0.29, 0.717) is 18.9 Å². The number of fused-ring (bicyclic) bond motifs is 2. The summed E-state index contributed by atoms with van der Waals surface area (Å²) < 4.78 is 19.2. The predicted octanol–water partition coefficient (Wildman–Crippen LogP) is 4.01. The number of hydrogen-bond donors (Lipinski definition) is 0. The molecule has 2 atom stereocenters. The largest absolute Gasteiger partial charge is 0.360 e. The Balaban J connectivity index is 1.58. The zero-order chi connectivity index (χ0) is 18.4. The molecule has 0 aromatic heterocycles. The van der Waals surface area contributed by atoms with Gasteiger partial charge in [-0.25, -0.2) is 4.21 Å². The average Bonchev–Trinajstić information content (AvgIpc) is 3.53. The number of ether oxygens (including phenoxy) is 1. The first-order valence-electron chi connectivity index (χ1n) is 9.76. The molecule has 27 heavy (non-hydrogen) atoms. The van der Waals surface area contributed by atoms with Gasteiger partial charge in [0.05, 0.1) is 16.5 Å². The van der Waals surface area contributed by atoms with Crippen molar-refractivity contribution in [2.75, 3.05) is 18.1 Å². The van der Waals surface area contributed by atoms with Gasteiger partial charge in [-0.1, -0.05) is 18.2 Å². The highest BCUT2D eigenvalue weighted by Crippen LogP contribution is 2.49. The molecule has 140 valence electrons. The summed E-state index contributed by atoms with van der Waals surface area (Å²) in [6.07, 6.45) is 5.07. The molecule has 0 radical (unpaired) electrons. The van der Waals surface area contributed by atoms with Gasteiger partial charge in [0.25, 0.3) is 5.91 Å². The number of amides is 1. The van der Waals surface area contributed by atoms with Crippen LogP contribution in [0.4, 0.5) is 5.69 Å². The van der Waals surface area contributed by atoms with Crippen molar-refractivity contribution in [1.82, 2.24) is 0 Å². The molecule has 2 aliphatic heterocycles. The van der Waals surface area contributed by atoms with Crippen molar-refractivity contribution in [2.24, 2.45) is 5.92 Å². The maximum Gasteiger partial charge on any atom is 0.263 e. The maximum atomic E-state index is 13.4. The molecule has 5 heteroatoms. The Labute approximate surface area is 162 Å². The van der Waals surface area contributed by atoms with Crippen LogP contribution in [0.3, 0.4) is 0 Å². The van der Waals surface area contributed by atoms with Gasteiger partial charge in [0.1, 0.15) is 0 Å². The summed E-state index contributed by atoms with van der Waals surface area (Å²) in [6.45, 7) is 1.38. The Morgan fingerprint density at radius 2 is 1.89 bits per heavy atom. The molecule has 5 rings (SSSR count). The smallest absolute Gasteiger partial charge is 0.263 e. The van der Waals surface area contributed by atoms with E-state index in [2.05, 4.69) is 0 Å². The average molecular weight is 381 g/mol. The molecule has 1 saturated heterocycles. The van der Waals surface area contributed by atoms with Gasteiger partial charge in [-0.05, 0) is 68.4 Å². The van der Waals surface area contributed by atoms with Crippen LogP contribution < -0.4 is 4.90 Å². The van der Waals surface area contributed by atoms with Crippen LogP contribution in [-0.4, -0.2) is 23.3 Å². The van der Waals surface area contributed by atoms with Crippen LogP contribution in [0.1, 0.15) is 37.7 Å². The molecule has 0 N–H and O–H groups in total. The lowest BCUT2D eigenvalue weighted by molar-refractivity contribution is -0.150. The second-order valence-corrected chi connectivity index (χ2v) is 9.23. The van der Waals surface area contributed by atoms with Crippen molar-refractivity contribution in [1.29, 1.82) is 0 Å². The van der Waals surface area contributed by atoms with Gasteiger partial charge in [0.15, 0.2) is 5.60 Å². The molecule has 2 aromatic carbocycles. The Bertz CT molecular complexity index is 901. The van der Waals surface area contributed by atoms with Crippen molar-refractivity contribution in [3.63, 3.8) is 0 Å². The van der Waals surface area contributed by atoms with Crippen LogP contribution in [0.2, 0.25) is 0 Å². The van der Waals surface area contributed by atoms with Crippen molar-refractivity contribution in [2.45, 2.75) is 47.5 Å². The van der Waals surface area contributed by atoms with Gasteiger partial charge < -0.3 is 9.64 Å². The van der Waals surface area contributed by atoms with Gasteiger partial charge in [0, 0.05) is 28.5 Å². The molecule has 3 aliphatic rings. The van der Waals surface area contributed by atoms with Crippen molar-refractivity contribution in [3.8, 4) is 0 Å². The summed E-state index contributed by atoms with van der Waals surface area (Å²) in [5.74, 6) is 0.686. The standard InChI is InChI=1S/C22H23NO3S/c24-21-22(12-4-5-13-26-22)19-14-18(27(25)17-6-2-1-3-7-17)10-11-20(19)23(21)15-16-8-9-16/h1-3,6-7,10-11,14,16H,4-5,8-9,12-13,15H2. The highest BCUT2D eigenvalue weighted by atomic mass is 32.2. The first kappa shape index (κ1) is 17.1.